The van der Waals surface area contributed by atoms with Crippen LogP contribution < -0.4 is 0 Å². The molecule has 4 aromatic rings. The Morgan fingerprint density at radius 3 is 2.18 bits per heavy atom. The third-order valence-electron chi connectivity index (χ3n) is 4.44. The molecule has 1 nitrogen and oxygen atoms in total. The van der Waals surface area contributed by atoms with Crippen LogP contribution in [0.4, 0.5) is 0 Å². The minimum Gasteiger partial charge on any atom is -0.316 e. The molecule has 0 N–H and O–H groups in total. The van der Waals surface area contributed by atoms with E-state index in [2.05, 4.69) is 86.0 Å². The van der Waals surface area contributed by atoms with Crippen LogP contribution >= 0.6 is 0 Å². The minimum atomic E-state index is 1.25. The van der Waals surface area contributed by atoms with Crippen molar-refractivity contribution in [1.82, 2.24) is 4.40 Å². The van der Waals surface area contributed by atoms with Crippen LogP contribution in [0.2, 0.25) is 0 Å². The number of pyridine rings is 1. The van der Waals surface area contributed by atoms with Crippen LogP contribution in [0.3, 0.4) is 0 Å². The molecule has 0 aliphatic heterocycles. The highest BCUT2D eigenvalue weighted by Gasteiger charge is 2.07. The Morgan fingerprint density at radius 2 is 1.41 bits per heavy atom. The summed E-state index contributed by atoms with van der Waals surface area (Å²) >= 11 is 0. The van der Waals surface area contributed by atoms with Gasteiger partial charge in [0.25, 0.3) is 0 Å². The molecule has 0 radical (unpaired) electrons. The fraction of sp³-hybridized carbons (Fsp3) is 0.143. The van der Waals surface area contributed by atoms with E-state index in [0.29, 0.717) is 0 Å². The molecule has 2 aromatic carbocycles. The number of hydrogen-bond donors (Lipinski definition) is 0. The zero-order valence-electron chi connectivity index (χ0n) is 13.2. The fourth-order valence-corrected chi connectivity index (χ4v) is 3.18. The number of fused-ring (bicyclic) bond motifs is 3. The zero-order chi connectivity index (χ0) is 15.3. The standard InChI is InChI=1S/C21H19N/c1-14-4-7-17(8-5-14)18-12-19-11-16(3)20-10-15(2)6-9-21(20)22(19)13-18/h4-13H,1-3H3. The van der Waals surface area contributed by atoms with Gasteiger partial charge in [-0.3, -0.25) is 0 Å². The van der Waals surface area contributed by atoms with Crippen molar-refractivity contribution >= 4 is 16.4 Å². The van der Waals surface area contributed by atoms with E-state index in [0.717, 1.165) is 0 Å². The van der Waals surface area contributed by atoms with E-state index in [1.807, 2.05) is 0 Å². The van der Waals surface area contributed by atoms with E-state index >= 15 is 0 Å². The molecule has 2 aromatic heterocycles. The quantitative estimate of drug-likeness (QED) is 0.423. The third-order valence-corrected chi connectivity index (χ3v) is 4.44. The summed E-state index contributed by atoms with van der Waals surface area (Å²) in [5.74, 6) is 0. The molecule has 0 bridgehead atoms. The van der Waals surface area contributed by atoms with Gasteiger partial charge in [0.1, 0.15) is 0 Å². The molecule has 0 atom stereocenters. The van der Waals surface area contributed by atoms with E-state index in [-0.39, 0.29) is 0 Å². The number of benzene rings is 2. The molecule has 0 fully saturated rings. The van der Waals surface area contributed by atoms with Gasteiger partial charge in [-0.15, -0.1) is 0 Å². The Bertz CT molecular complexity index is 988. The van der Waals surface area contributed by atoms with Crippen molar-refractivity contribution in [2.75, 3.05) is 0 Å². The molecule has 0 aliphatic rings. The summed E-state index contributed by atoms with van der Waals surface area (Å²) in [4.78, 5) is 0. The predicted octanol–water partition coefficient (Wildman–Crippen LogP) is 5.68. The van der Waals surface area contributed by atoms with Gasteiger partial charge in [0.05, 0.1) is 5.52 Å². The highest BCUT2D eigenvalue weighted by atomic mass is 14.9. The van der Waals surface area contributed by atoms with Gasteiger partial charge in [0.2, 0.25) is 0 Å². The van der Waals surface area contributed by atoms with Gasteiger partial charge >= 0.3 is 0 Å². The first-order valence-corrected chi connectivity index (χ1v) is 7.71. The van der Waals surface area contributed by atoms with E-state index < -0.39 is 0 Å². The molecular weight excluding hydrogens is 266 g/mol. The Kier molecular flexibility index (Phi) is 2.83. The zero-order valence-corrected chi connectivity index (χ0v) is 13.2. The predicted molar refractivity (Wildman–Crippen MR) is 94.6 cm³/mol. The fourth-order valence-electron chi connectivity index (χ4n) is 3.18. The summed E-state index contributed by atoms with van der Waals surface area (Å²) in [6.07, 6.45) is 2.25. The molecule has 108 valence electrons. The second-order valence-electron chi connectivity index (χ2n) is 6.24. The monoisotopic (exact) mass is 285 g/mol. The summed E-state index contributed by atoms with van der Waals surface area (Å²) in [6.45, 7) is 6.47. The largest absolute Gasteiger partial charge is 0.316 e. The lowest BCUT2D eigenvalue weighted by Gasteiger charge is -2.07. The lowest BCUT2D eigenvalue weighted by Crippen LogP contribution is -1.89. The second kappa shape index (κ2) is 4.74. The Hall–Kier alpha value is -2.54. The van der Waals surface area contributed by atoms with Crippen LogP contribution in [0.5, 0.6) is 0 Å². The number of aryl methyl sites for hydroxylation is 3. The average molecular weight is 285 g/mol. The first-order valence-electron chi connectivity index (χ1n) is 7.71. The molecule has 0 unspecified atom stereocenters. The van der Waals surface area contributed by atoms with Crippen LogP contribution in [0, 0.1) is 20.8 Å². The topological polar surface area (TPSA) is 4.41 Å². The number of hydrogen-bond acceptors (Lipinski definition) is 0. The van der Waals surface area contributed by atoms with Crippen LogP contribution in [-0.4, -0.2) is 4.40 Å². The highest BCUT2D eigenvalue weighted by Crippen LogP contribution is 2.28. The summed E-state index contributed by atoms with van der Waals surface area (Å²) in [5.41, 5.74) is 9.01. The van der Waals surface area contributed by atoms with Gasteiger partial charge in [0, 0.05) is 22.7 Å². The molecule has 22 heavy (non-hydrogen) atoms. The average Bonchev–Trinajstić information content (AvgIpc) is 2.92. The molecule has 0 saturated carbocycles. The molecule has 1 heteroatoms. The minimum absolute atomic E-state index is 1.25. The normalized spacial score (nSPS) is 11.4. The number of nitrogens with zero attached hydrogens (tertiary/aromatic N) is 1. The van der Waals surface area contributed by atoms with E-state index in [1.165, 1.54) is 44.2 Å². The third kappa shape index (κ3) is 2.01. The summed E-state index contributed by atoms with van der Waals surface area (Å²) in [7, 11) is 0. The molecule has 0 spiro atoms. The maximum atomic E-state index is 2.30. The maximum absolute atomic E-state index is 2.30. The Morgan fingerprint density at radius 1 is 0.682 bits per heavy atom. The maximum Gasteiger partial charge on any atom is 0.0530 e. The van der Waals surface area contributed by atoms with E-state index in [4.69, 9.17) is 0 Å². The van der Waals surface area contributed by atoms with Crippen molar-refractivity contribution in [3.63, 3.8) is 0 Å². The van der Waals surface area contributed by atoms with E-state index in [1.54, 1.807) is 0 Å². The number of rotatable bonds is 1. The van der Waals surface area contributed by atoms with Gasteiger partial charge < -0.3 is 4.40 Å². The molecule has 0 amide bonds. The molecule has 0 saturated heterocycles. The summed E-state index contributed by atoms with van der Waals surface area (Å²) in [5, 5.41) is 1.33. The highest BCUT2D eigenvalue weighted by molar-refractivity contribution is 5.88. The molecular formula is C21H19N. The molecule has 2 heterocycles. The Balaban J connectivity index is 2.01. The van der Waals surface area contributed by atoms with E-state index in [9.17, 15) is 0 Å². The second-order valence-corrected chi connectivity index (χ2v) is 6.24. The Labute approximate surface area is 130 Å². The van der Waals surface area contributed by atoms with Gasteiger partial charge in [-0.1, -0.05) is 41.5 Å². The van der Waals surface area contributed by atoms with Crippen molar-refractivity contribution in [1.29, 1.82) is 0 Å². The van der Waals surface area contributed by atoms with Crippen LogP contribution in [0.15, 0.2) is 60.8 Å². The first kappa shape index (κ1) is 13.1. The SMILES string of the molecule is Cc1ccc(-c2cc3cc(C)c4cc(C)ccc4n3c2)cc1. The van der Waals surface area contributed by atoms with Crippen LogP contribution in [0.1, 0.15) is 16.7 Å². The summed E-state index contributed by atoms with van der Waals surface area (Å²) < 4.78 is 2.30. The van der Waals surface area contributed by atoms with Gasteiger partial charge in [-0.25, -0.2) is 0 Å². The lowest BCUT2D eigenvalue weighted by molar-refractivity contribution is 1.26. The molecule has 4 rings (SSSR count). The van der Waals surface area contributed by atoms with Gasteiger partial charge in [-0.2, -0.15) is 0 Å². The molecule has 0 aliphatic carbocycles. The van der Waals surface area contributed by atoms with Crippen molar-refractivity contribution in [2.45, 2.75) is 20.8 Å². The van der Waals surface area contributed by atoms with Crippen molar-refractivity contribution < 1.29 is 0 Å². The summed E-state index contributed by atoms with van der Waals surface area (Å²) in [6, 6.07) is 20.0. The van der Waals surface area contributed by atoms with Crippen LogP contribution in [0.25, 0.3) is 27.5 Å². The van der Waals surface area contributed by atoms with Gasteiger partial charge in [-0.05, 0) is 56.2 Å². The number of aromatic nitrogens is 1. The lowest BCUT2D eigenvalue weighted by atomic mass is 10.1. The van der Waals surface area contributed by atoms with Crippen molar-refractivity contribution in [3.05, 3.63) is 77.5 Å². The van der Waals surface area contributed by atoms with Crippen LogP contribution in [-0.2, 0) is 0 Å². The van der Waals surface area contributed by atoms with Crippen molar-refractivity contribution in [3.8, 4) is 11.1 Å². The smallest absolute Gasteiger partial charge is 0.0530 e. The first-order chi connectivity index (χ1) is 10.6. The van der Waals surface area contributed by atoms with Gasteiger partial charge in [0.15, 0.2) is 0 Å². The van der Waals surface area contributed by atoms with Crippen molar-refractivity contribution in [2.24, 2.45) is 0 Å².